The topological polar surface area (TPSA) is 25.2 Å². The summed E-state index contributed by atoms with van der Waals surface area (Å²) < 4.78 is 19.5. The maximum Gasteiger partial charge on any atom is 0.169 e. The Kier molecular flexibility index (Phi) is 3.79. The van der Waals surface area contributed by atoms with Gasteiger partial charge in [-0.2, -0.15) is 0 Å². The molecule has 2 aromatic rings. The van der Waals surface area contributed by atoms with Gasteiger partial charge in [0.25, 0.3) is 0 Å². The normalized spacial score (nSPS) is 26.4. The first-order chi connectivity index (χ1) is 9.70. The second-order valence-corrected chi connectivity index (χ2v) is 5.91. The maximum atomic E-state index is 13.7. The summed E-state index contributed by atoms with van der Waals surface area (Å²) in [6.07, 6.45) is 3.44. The first-order valence-corrected chi connectivity index (χ1v) is 7.62. The molecule has 0 radical (unpaired) electrons. The van der Waals surface area contributed by atoms with Crippen molar-refractivity contribution < 1.29 is 8.81 Å². The van der Waals surface area contributed by atoms with Crippen molar-refractivity contribution in [2.75, 3.05) is 6.54 Å². The Morgan fingerprint density at radius 1 is 1.35 bits per heavy atom. The van der Waals surface area contributed by atoms with E-state index in [0.29, 0.717) is 23.5 Å². The summed E-state index contributed by atoms with van der Waals surface area (Å²) in [7, 11) is 0. The van der Waals surface area contributed by atoms with E-state index in [-0.39, 0.29) is 5.82 Å². The molecule has 0 spiro atoms. The van der Waals surface area contributed by atoms with E-state index in [0.717, 1.165) is 30.5 Å². The summed E-state index contributed by atoms with van der Waals surface area (Å²) in [5, 5.41) is 4.48. The molecule has 0 aliphatic heterocycles. The van der Waals surface area contributed by atoms with Gasteiger partial charge in [-0.15, -0.1) is 0 Å². The van der Waals surface area contributed by atoms with Crippen LogP contribution in [0.4, 0.5) is 4.39 Å². The zero-order valence-electron chi connectivity index (χ0n) is 12.2. The highest BCUT2D eigenvalue weighted by Crippen LogP contribution is 2.41. The van der Waals surface area contributed by atoms with E-state index in [1.807, 2.05) is 12.1 Å². The van der Waals surface area contributed by atoms with Gasteiger partial charge in [-0.3, -0.25) is 0 Å². The SMILES string of the molecule is CCCNC1CCC(c2cc3cccc(F)c3o2)C1C. The van der Waals surface area contributed by atoms with Gasteiger partial charge in [0.05, 0.1) is 0 Å². The van der Waals surface area contributed by atoms with Crippen LogP contribution in [-0.4, -0.2) is 12.6 Å². The van der Waals surface area contributed by atoms with Crippen LogP contribution in [0.1, 0.15) is 44.8 Å². The molecule has 3 atom stereocenters. The number of furan rings is 1. The molecular formula is C17H22FNO. The van der Waals surface area contributed by atoms with Gasteiger partial charge >= 0.3 is 0 Å². The number of benzene rings is 1. The molecule has 108 valence electrons. The summed E-state index contributed by atoms with van der Waals surface area (Å²) in [4.78, 5) is 0. The van der Waals surface area contributed by atoms with Gasteiger partial charge in [0.1, 0.15) is 5.76 Å². The molecule has 3 unspecified atom stereocenters. The highest BCUT2D eigenvalue weighted by atomic mass is 19.1. The van der Waals surface area contributed by atoms with Crippen LogP contribution in [0.3, 0.4) is 0 Å². The lowest BCUT2D eigenvalue weighted by atomic mass is 9.93. The molecule has 3 heteroatoms. The third kappa shape index (κ3) is 2.35. The van der Waals surface area contributed by atoms with Crippen molar-refractivity contribution in [1.29, 1.82) is 0 Å². The summed E-state index contributed by atoms with van der Waals surface area (Å²) in [6.45, 7) is 5.52. The molecule has 0 amide bonds. The molecule has 1 aliphatic rings. The lowest BCUT2D eigenvalue weighted by Gasteiger charge is -2.20. The molecule has 1 aromatic carbocycles. The van der Waals surface area contributed by atoms with E-state index in [9.17, 15) is 4.39 Å². The monoisotopic (exact) mass is 275 g/mol. The third-order valence-corrected chi connectivity index (χ3v) is 4.60. The standard InChI is InChI=1S/C17H22FNO/c1-3-9-19-15-8-7-13(11(15)2)16-10-12-5-4-6-14(18)17(12)20-16/h4-6,10-11,13,15,19H,3,7-9H2,1-2H3. The van der Waals surface area contributed by atoms with Gasteiger partial charge in [-0.25, -0.2) is 4.39 Å². The van der Waals surface area contributed by atoms with E-state index >= 15 is 0 Å². The highest BCUT2D eigenvalue weighted by molar-refractivity contribution is 5.78. The molecule has 1 fully saturated rings. The molecule has 0 saturated heterocycles. The van der Waals surface area contributed by atoms with Gasteiger partial charge in [0, 0.05) is 17.3 Å². The molecule has 1 saturated carbocycles. The van der Waals surface area contributed by atoms with Crippen molar-refractivity contribution in [2.45, 2.75) is 45.1 Å². The Hall–Kier alpha value is -1.35. The molecule has 1 heterocycles. The zero-order valence-corrected chi connectivity index (χ0v) is 12.2. The van der Waals surface area contributed by atoms with E-state index in [4.69, 9.17) is 4.42 Å². The van der Waals surface area contributed by atoms with Crippen molar-refractivity contribution in [2.24, 2.45) is 5.92 Å². The minimum atomic E-state index is -0.264. The maximum absolute atomic E-state index is 13.7. The predicted octanol–water partition coefficient (Wildman–Crippen LogP) is 4.45. The van der Waals surface area contributed by atoms with Crippen LogP contribution >= 0.6 is 0 Å². The van der Waals surface area contributed by atoms with Gasteiger partial charge in [-0.1, -0.05) is 26.0 Å². The Morgan fingerprint density at radius 2 is 2.20 bits per heavy atom. The second-order valence-electron chi connectivity index (χ2n) is 5.91. The van der Waals surface area contributed by atoms with Crippen LogP contribution in [0.5, 0.6) is 0 Å². The quantitative estimate of drug-likeness (QED) is 0.891. The lowest BCUT2D eigenvalue weighted by molar-refractivity contribution is 0.372. The van der Waals surface area contributed by atoms with E-state index in [1.165, 1.54) is 12.5 Å². The smallest absolute Gasteiger partial charge is 0.169 e. The number of hydrogen-bond acceptors (Lipinski definition) is 2. The van der Waals surface area contributed by atoms with Gasteiger partial charge in [-0.05, 0) is 43.9 Å². The van der Waals surface area contributed by atoms with Gasteiger partial charge < -0.3 is 9.73 Å². The molecule has 1 N–H and O–H groups in total. The fourth-order valence-corrected chi connectivity index (χ4v) is 3.41. The fraction of sp³-hybridized carbons (Fsp3) is 0.529. The summed E-state index contributed by atoms with van der Waals surface area (Å²) in [5.74, 6) is 1.61. The van der Waals surface area contributed by atoms with Crippen LogP contribution in [-0.2, 0) is 0 Å². The fourth-order valence-electron chi connectivity index (χ4n) is 3.41. The van der Waals surface area contributed by atoms with Crippen LogP contribution in [0, 0.1) is 11.7 Å². The number of fused-ring (bicyclic) bond motifs is 1. The van der Waals surface area contributed by atoms with Crippen LogP contribution in [0.25, 0.3) is 11.0 Å². The van der Waals surface area contributed by atoms with Crippen LogP contribution in [0.2, 0.25) is 0 Å². The van der Waals surface area contributed by atoms with E-state index in [1.54, 1.807) is 6.07 Å². The molecule has 20 heavy (non-hydrogen) atoms. The molecule has 0 bridgehead atoms. The molecular weight excluding hydrogens is 253 g/mol. The number of para-hydroxylation sites is 1. The number of nitrogens with one attached hydrogen (secondary N) is 1. The van der Waals surface area contributed by atoms with Gasteiger partial charge in [0.2, 0.25) is 0 Å². The molecule has 1 aliphatic carbocycles. The molecule has 1 aromatic heterocycles. The zero-order chi connectivity index (χ0) is 14.1. The lowest BCUT2D eigenvalue weighted by Crippen LogP contribution is -2.32. The summed E-state index contributed by atoms with van der Waals surface area (Å²) >= 11 is 0. The number of halogens is 1. The average molecular weight is 275 g/mol. The summed E-state index contributed by atoms with van der Waals surface area (Å²) in [5.41, 5.74) is 0.402. The number of hydrogen-bond donors (Lipinski definition) is 1. The third-order valence-electron chi connectivity index (χ3n) is 4.60. The number of rotatable bonds is 4. The Balaban J connectivity index is 1.83. The van der Waals surface area contributed by atoms with E-state index in [2.05, 4.69) is 19.2 Å². The van der Waals surface area contributed by atoms with Crippen molar-refractivity contribution >= 4 is 11.0 Å². The Labute approximate surface area is 119 Å². The Morgan fingerprint density at radius 3 is 2.95 bits per heavy atom. The predicted molar refractivity (Wildman–Crippen MR) is 79.4 cm³/mol. The van der Waals surface area contributed by atoms with Crippen molar-refractivity contribution in [3.63, 3.8) is 0 Å². The minimum Gasteiger partial charge on any atom is -0.458 e. The minimum absolute atomic E-state index is 0.264. The highest BCUT2D eigenvalue weighted by Gasteiger charge is 2.35. The molecule has 2 nitrogen and oxygen atoms in total. The van der Waals surface area contributed by atoms with Crippen molar-refractivity contribution in [1.82, 2.24) is 5.32 Å². The first kappa shape index (κ1) is 13.6. The van der Waals surface area contributed by atoms with E-state index < -0.39 is 0 Å². The Bertz CT molecular complexity index is 592. The second kappa shape index (κ2) is 5.57. The first-order valence-electron chi connectivity index (χ1n) is 7.62. The average Bonchev–Trinajstić information content (AvgIpc) is 3.01. The summed E-state index contributed by atoms with van der Waals surface area (Å²) in [6, 6.07) is 7.68. The largest absolute Gasteiger partial charge is 0.458 e. The van der Waals surface area contributed by atoms with Crippen LogP contribution < -0.4 is 5.32 Å². The van der Waals surface area contributed by atoms with Crippen molar-refractivity contribution in [3.05, 3.63) is 35.8 Å². The van der Waals surface area contributed by atoms with Crippen LogP contribution in [0.15, 0.2) is 28.7 Å². The van der Waals surface area contributed by atoms with Gasteiger partial charge in [0.15, 0.2) is 11.4 Å². The van der Waals surface area contributed by atoms with Crippen molar-refractivity contribution in [3.8, 4) is 0 Å². The molecule has 3 rings (SSSR count).